The molecule has 0 aromatic heterocycles. The number of rotatable bonds is 28. The molecule has 578 valence electrons. The fourth-order valence-corrected chi connectivity index (χ4v) is 12.6. The zero-order valence-corrected chi connectivity index (χ0v) is 60.0. The zero-order valence-electron chi connectivity index (χ0n) is 59.2. The summed E-state index contributed by atoms with van der Waals surface area (Å²) in [6.07, 6.45) is -35.1. The van der Waals surface area contributed by atoms with Crippen molar-refractivity contribution in [2.24, 2.45) is 0 Å². The monoisotopic (exact) mass is 1550 g/mol. The van der Waals surface area contributed by atoms with Crippen LogP contribution < -0.4 is 9.47 Å². The first-order valence-electron chi connectivity index (χ1n) is 34.6. The highest BCUT2D eigenvalue weighted by molar-refractivity contribution is 7.80. The summed E-state index contributed by atoms with van der Waals surface area (Å²) in [5.74, 6) is -10.4. The van der Waals surface area contributed by atoms with Crippen molar-refractivity contribution >= 4 is 64.1 Å². The SMILES string of the molecule is COC(=O)[C@H]1O[C@@H](O[C@H]2[C@@H](OS(=O)(=O)[O-])[C@@H](COC(=O)c3ccccc3)O[C@@H](O[C@H]3[C@@H](OC(=O)c4ccccc4)[C@@H](COC(=O)c4ccccc4)O[C@@H](Oc4ccc(OC)cc4)[C@@H]3OC(=O)c3ccccc3)[C@@H]2OC(=O)c2ccccc2)[C@H](OC(=O)c2ccccc2)[C@@H](OC(=O)c2ccccc2)[C@@H]1OC(=O)c1ccccc1. The van der Waals surface area contributed by atoms with Crippen LogP contribution in [0.15, 0.2) is 267 Å². The van der Waals surface area contributed by atoms with E-state index in [1.54, 1.807) is 54.6 Å². The van der Waals surface area contributed by atoms with E-state index < -0.39 is 169 Å². The third kappa shape index (κ3) is 20.1. The van der Waals surface area contributed by atoms with Gasteiger partial charge in [0.2, 0.25) is 16.7 Å². The molecule has 0 unspecified atom stereocenters. The molecule has 0 amide bonds. The highest BCUT2D eigenvalue weighted by Gasteiger charge is 2.62. The van der Waals surface area contributed by atoms with E-state index in [0.29, 0.717) is 5.75 Å². The van der Waals surface area contributed by atoms with Crippen LogP contribution in [0.25, 0.3) is 0 Å². The fraction of sp³-hybridized carbons (Fsp3) is 0.232. The summed E-state index contributed by atoms with van der Waals surface area (Å²) in [5.41, 5.74) is -1.10. The summed E-state index contributed by atoms with van der Waals surface area (Å²) in [5, 5.41) is 0. The Hall–Kier alpha value is -12.5. The van der Waals surface area contributed by atoms with Crippen molar-refractivity contribution < 1.29 is 136 Å². The van der Waals surface area contributed by atoms with E-state index in [-0.39, 0.29) is 50.3 Å². The molecule has 0 spiro atoms. The molecule has 15 atom stereocenters. The molecule has 0 N–H and O–H groups in total. The predicted octanol–water partition coefficient (Wildman–Crippen LogP) is 9.11. The lowest BCUT2D eigenvalue weighted by molar-refractivity contribution is -0.371. The van der Waals surface area contributed by atoms with E-state index in [2.05, 4.69) is 0 Å². The molecule has 30 heteroatoms. The van der Waals surface area contributed by atoms with E-state index in [9.17, 15) is 51.3 Å². The van der Waals surface area contributed by atoms with Gasteiger partial charge in [-0.1, -0.05) is 146 Å². The van der Waals surface area contributed by atoms with Crippen LogP contribution in [0.4, 0.5) is 0 Å². The Balaban J connectivity index is 1.08. The minimum absolute atomic E-state index is 0.0219. The Morgan fingerprint density at radius 2 is 0.589 bits per heavy atom. The van der Waals surface area contributed by atoms with Gasteiger partial charge in [0.05, 0.1) is 58.7 Å². The van der Waals surface area contributed by atoms with Gasteiger partial charge in [0.1, 0.15) is 55.2 Å². The van der Waals surface area contributed by atoms with Crippen LogP contribution in [0, 0.1) is 0 Å². The number of benzene rings is 9. The van der Waals surface area contributed by atoms with Crippen LogP contribution in [0.3, 0.4) is 0 Å². The molecule has 3 fully saturated rings. The Kier molecular flexibility index (Phi) is 26.3. The molecule has 0 saturated carbocycles. The number of methoxy groups -OCH3 is 2. The fourth-order valence-electron chi connectivity index (χ4n) is 12.1. The lowest BCUT2D eigenvalue weighted by Gasteiger charge is -2.50. The first kappa shape index (κ1) is 79.0. The second kappa shape index (κ2) is 37.3. The normalized spacial score (nSPS) is 23.3. The molecule has 0 bridgehead atoms. The molecule has 3 aliphatic rings. The van der Waals surface area contributed by atoms with E-state index in [1.165, 1.54) is 219 Å². The van der Waals surface area contributed by atoms with Gasteiger partial charge < -0.3 is 80.3 Å². The quantitative estimate of drug-likeness (QED) is 0.0191. The number of carbonyl (C=O) groups is 9. The van der Waals surface area contributed by atoms with Crippen LogP contribution in [0.5, 0.6) is 11.5 Å². The Bertz CT molecular complexity index is 4810. The highest BCUT2D eigenvalue weighted by Crippen LogP contribution is 2.41. The van der Waals surface area contributed by atoms with Crippen LogP contribution in [0.1, 0.15) is 82.9 Å². The molecule has 9 aromatic rings. The van der Waals surface area contributed by atoms with Crippen molar-refractivity contribution in [1.29, 1.82) is 0 Å². The van der Waals surface area contributed by atoms with Crippen molar-refractivity contribution in [3.05, 3.63) is 311 Å². The summed E-state index contributed by atoms with van der Waals surface area (Å²) in [6.45, 7) is -2.08. The van der Waals surface area contributed by atoms with Gasteiger partial charge in [0.15, 0.2) is 55.3 Å². The Labute approximate surface area is 639 Å². The number of ether oxygens (including phenoxy) is 16. The summed E-state index contributed by atoms with van der Waals surface area (Å²) in [7, 11) is -3.91. The molecule has 9 aromatic carbocycles. The summed E-state index contributed by atoms with van der Waals surface area (Å²) in [4.78, 5) is 133. The number of carbonyl (C=O) groups excluding carboxylic acids is 9. The van der Waals surface area contributed by atoms with Crippen LogP contribution in [-0.2, 0) is 85.7 Å². The highest BCUT2D eigenvalue weighted by atomic mass is 32.3. The van der Waals surface area contributed by atoms with Gasteiger partial charge in [-0.25, -0.2) is 51.6 Å². The second-order valence-electron chi connectivity index (χ2n) is 24.8. The third-order valence-electron chi connectivity index (χ3n) is 17.5. The average molecular weight is 1550 g/mol. The molecule has 29 nitrogen and oxygen atoms in total. The van der Waals surface area contributed by atoms with E-state index in [0.717, 1.165) is 7.11 Å². The molecule has 12 rings (SSSR count). The topological polar surface area (TPSA) is 368 Å². The first-order chi connectivity index (χ1) is 54.3. The largest absolute Gasteiger partial charge is 0.726 e. The number of hydrogen-bond acceptors (Lipinski definition) is 29. The first-order valence-corrected chi connectivity index (χ1v) is 35.9. The average Bonchev–Trinajstić information content (AvgIpc) is 0.753. The zero-order chi connectivity index (χ0) is 78.7. The smallest absolute Gasteiger partial charge is 0.339 e. The van der Waals surface area contributed by atoms with Gasteiger partial charge in [-0.05, 0) is 121 Å². The van der Waals surface area contributed by atoms with Gasteiger partial charge >= 0.3 is 53.7 Å². The Morgan fingerprint density at radius 1 is 0.312 bits per heavy atom. The van der Waals surface area contributed by atoms with Gasteiger partial charge in [-0.3, -0.25) is 4.18 Å². The maximum Gasteiger partial charge on any atom is 0.339 e. The maximum absolute atomic E-state index is 15.3. The summed E-state index contributed by atoms with van der Waals surface area (Å²) >= 11 is 0. The van der Waals surface area contributed by atoms with E-state index >= 15 is 4.79 Å². The second-order valence-corrected chi connectivity index (χ2v) is 25.9. The van der Waals surface area contributed by atoms with Crippen molar-refractivity contribution in [2.45, 2.75) is 92.1 Å². The lowest BCUT2D eigenvalue weighted by atomic mass is 9.94. The molecular weight excluding hydrogens is 1480 g/mol. The molecule has 0 radical (unpaired) electrons. The van der Waals surface area contributed by atoms with Crippen molar-refractivity contribution in [3.63, 3.8) is 0 Å². The molecule has 3 aliphatic heterocycles. The third-order valence-corrected chi connectivity index (χ3v) is 18.0. The van der Waals surface area contributed by atoms with Crippen LogP contribution >= 0.6 is 0 Å². The lowest BCUT2D eigenvalue weighted by Crippen LogP contribution is -2.69. The standard InChI is InChI=1S/C82H70O29S/c1-95-57-43-45-58(46-44-57)99-80-68(105-76(88)54-37-21-8-22-38-54)63(61(102-73(85)51-31-15-5-16-32-51)59(100-80)47-97-71(83)49-27-11-3-12-28-49)108-81-69(106-77(89)55-39-23-9-24-40-55)64(62(111-112(92,93)94)60(101-81)48-98-72(84)50-29-13-4-14-30-50)109-82-70(107-78(90)56-41-25-10-26-42-56)66(104-75(87)53-35-19-7-20-36-53)65(67(110-82)79(91)96-2)103-74(86)52-33-17-6-18-34-52/h3-46,59-70,80-82H,47-48H2,1-2H3,(H,92,93,94)/p-1/t59-,60-,61+,62+,63+,64+,65+,66+,67+,68-,69-,70-,80-,81+,82-/m1/s1. The summed E-state index contributed by atoms with van der Waals surface area (Å²) < 4.78 is 148. The molecular formula is C82H69O29S-. The minimum Gasteiger partial charge on any atom is -0.726 e. The molecule has 0 aliphatic carbocycles. The predicted molar refractivity (Wildman–Crippen MR) is 383 cm³/mol. The molecule has 3 heterocycles. The number of esters is 9. The molecule has 112 heavy (non-hydrogen) atoms. The van der Waals surface area contributed by atoms with Gasteiger partial charge in [0.25, 0.3) is 0 Å². The van der Waals surface area contributed by atoms with Gasteiger partial charge in [-0.2, -0.15) is 0 Å². The van der Waals surface area contributed by atoms with E-state index in [1.807, 2.05) is 0 Å². The maximum atomic E-state index is 15.3. The minimum atomic E-state index is -6.21. The van der Waals surface area contributed by atoms with Crippen molar-refractivity contribution in [2.75, 3.05) is 27.4 Å². The summed E-state index contributed by atoms with van der Waals surface area (Å²) in [6, 6.07) is 63.7. The van der Waals surface area contributed by atoms with Crippen molar-refractivity contribution in [1.82, 2.24) is 0 Å². The van der Waals surface area contributed by atoms with Gasteiger partial charge in [0, 0.05) is 0 Å². The van der Waals surface area contributed by atoms with Crippen LogP contribution in [0.2, 0.25) is 0 Å². The van der Waals surface area contributed by atoms with Crippen LogP contribution in [-0.4, -0.2) is 186 Å². The van der Waals surface area contributed by atoms with E-state index in [4.69, 9.17) is 80.0 Å². The Morgan fingerprint density at radius 3 is 0.938 bits per heavy atom. The van der Waals surface area contributed by atoms with Crippen molar-refractivity contribution in [3.8, 4) is 11.5 Å². The van der Waals surface area contributed by atoms with Gasteiger partial charge in [-0.15, -0.1) is 0 Å². The number of hydrogen-bond donors (Lipinski definition) is 0. The molecule has 3 saturated heterocycles.